The van der Waals surface area contributed by atoms with Crippen LogP contribution in [0.1, 0.15) is 21.6 Å². The van der Waals surface area contributed by atoms with Gasteiger partial charge in [0.15, 0.2) is 11.3 Å². The minimum atomic E-state index is -4.67. The number of alkyl halides is 3. The van der Waals surface area contributed by atoms with Crippen LogP contribution >= 0.6 is 0 Å². The van der Waals surface area contributed by atoms with Crippen molar-refractivity contribution < 1.29 is 18.0 Å². The maximum atomic E-state index is 13.6. The van der Waals surface area contributed by atoms with Gasteiger partial charge in [0.2, 0.25) is 0 Å². The first-order valence-corrected chi connectivity index (χ1v) is 8.62. The summed E-state index contributed by atoms with van der Waals surface area (Å²) in [7, 11) is 0. The summed E-state index contributed by atoms with van der Waals surface area (Å²) < 4.78 is 41.4. The van der Waals surface area contributed by atoms with Crippen LogP contribution in [0, 0.1) is 0 Å². The van der Waals surface area contributed by atoms with Gasteiger partial charge in [-0.15, -0.1) is 0 Å². The first-order chi connectivity index (χ1) is 13.9. The van der Waals surface area contributed by atoms with E-state index in [1.807, 2.05) is 0 Å². The Morgan fingerprint density at radius 2 is 1.86 bits per heavy atom. The van der Waals surface area contributed by atoms with Gasteiger partial charge >= 0.3 is 6.18 Å². The molecule has 146 valence electrons. The zero-order chi connectivity index (χ0) is 20.4. The van der Waals surface area contributed by atoms with Gasteiger partial charge in [-0.1, -0.05) is 36.4 Å². The third kappa shape index (κ3) is 3.79. The van der Waals surface area contributed by atoms with Gasteiger partial charge < -0.3 is 5.32 Å². The monoisotopic (exact) mass is 397 g/mol. The molecule has 0 aliphatic heterocycles. The molecule has 6 nitrogen and oxygen atoms in total. The molecular formula is C20H14F3N5O. The van der Waals surface area contributed by atoms with Crippen LogP contribution < -0.4 is 5.32 Å². The number of aromatic nitrogens is 4. The molecule has 1 aromatic carbocycles. The van der Waals surface area contributed by atoms with Crippen LogP contribution in [0.4, 0.5) is 13.2 Å². The van der Waals surface area contributed by atoms with E-state index in [0.29, 0.717) is 10.1 Å². The minimum absolute atomic E-state index is 0.0443. The highest BCUT2D eigenvalue weighted by molar-refractivity contribution is 5.99. The summed E-state index contributed by atoms with van der Waals surface area (Å²) in [6, 6.07) is 12.9. The number of nitrogens with zero attached hydrogens (tertiary/aromatic N) is 4. The number of benzene rings is 1. The molecule has 0 spiro atoms. The maximum Gasteiger partial charge on any atom is 0.433 e. The Morgan fingerprint density at radius 1 is 1.07 bits per heavy atom. The Balaban J connectivity index is 1.76. The Bertz CT molecular complexity index is 1160. The predicted octanol–water partition coefficient (Wildman–Crippen LogP) is 3.74. The Hall–Kier alpha value is -3.75. The van der Waals surface area contributed by atoms with Gasteiger partial charge in [-0.3, -0.25) is 9.78 Å². The second-order valence-electron chi connectivity index (χ2n) is 6.23. The number of pyridine rings is 1. The average molecular weight is 397 g/mol. The van der Waals surface area contributed by atoms with E-state index in [2.05, 4.69) is 20.4 Å². The van der Waals surface area contributed by atoms with Crippen LogP contribution in [-0.4, -0.2) is 25.5 Å². The zero-order valence-corrected chi connectivity index (χ0v) is 14.9. The lowest BCUT2D eigenvalue weighted by molar-refractivity contribution is -0.142. The van der Waals surface area contributed by atoms with Gasteiger partial charge in [0, 0.05) is 24.5 Å². The first kappa shape index (κ1) is 18.6. The summed E-state index contributed by atoms with van der Waals surface area (Å²) in [4.78, 5) is 20.8. The zero-order valence-electron chi connectivity index (χ0n) is 14.9. The molecule has 0 atom stereocenters. The molecule has 0 unspecified atom stereocenters. The van der Waals surface area contributed by atoms with Gasteiger partial charge in [-0.25, -0.2) is 9.50 Å². The lowest BCUT2D eigenvalue weighted by Gasteiger charge is -2.11. The van der Waals surface area contributed by atoms with E-state index < -0.39 is 17.8 Å². The van der Waals surface area contributed by atoms with E-state index in [1.165, 1.54) is 0 Å². The van der Waals surface area contributed by atoms with Crippen LogP contribution in [0.2, 0.25) is 0 Å². The van der Waals surface area contributed by atoms with E-state index in [4.69, 9.17) is 0 Å². The molecule has 0 radical (unpaired) electrons. The molecule has 4 aromatic rings. The number of hydrogen-bond acceptors (Lipinski definition) is 4. The van der Waals surface area contributed by atoms with Crippen LogP contribution in [0.25, 0.3) is 16.9 Å². The average Bonchev–Trinajstić information content (AvgIpc) is 3.16. The molecule has 1 N–H and O–H groups in total. The van der Waals surface area contributed by atoms with E-state index in [9.17, 15) is 18.0 Å². The lowest BCUT2D eigenvalue weighted by Crippen LogP contribution is -2.23. The number of hydrogen-bond donors (Lipinski definition) is 1. The van der Waals surface area contributed by atoms with Crippen molar-refractivity contribution in [3.63, 3.8) is 0 Å². The lowest BCUT2D eigenvalue weighted by atomic mass is 10.1. The second-order valence-corrected chi connectivity index (χ2v) is 6.23. The Labute approximate surface area is 163 Å². The molecule has 0 bridgehead atoms. The molecule has 0 aliphatic carbocycles. The summed E-state index contributed by atoms with van der Waals surface area (Å²) in [5.74, 6) is -0.574. The molecule has 0 aliphatic rings. The third-order valence-corrected chi connectivity index (χ3v) is 4.25. The van der Waals surface area contributed by atoms with E-state index >= 15 is 0 Å². The van der Waals surface area contributed by atoms with Crippen molar-refractivity contribution in [2.45, 2.75) is 12.7 Å². The quantitative estimate of drug-likeness (QED) is 0.570. The number of halogens is 3. The normalized spacial score (nSPS) is 11.6. The van der Waals surface area contributed by atoms with Crippen molar-refractivity contribution in [3.8, 4) is 11.3 Å². The fourth-order valence-corrected chi connectivity index (χ4v) is 2.86. The number of carbonyl (C=O) groups is 1. The molecule has 3 heterocycles. The highest BCUT2D eigenvalue weighted by Crippen LogP contribution is 2.32. The van der Waals surface area contributed by atoms with Crippen LogP contribution in [-0.2, 0) is 12.7 Å². The fraction of sp³-hybridized carbons (Fsp3) is 0.100. The number of nitrogens with one attached hydrogen (secondary N) is 1. The molecular weight excluding hydrogens is 383 g/mol. The number of rotatable bonds is 4. The standard InChI is InChI=1S/C20H14F3N5O/c21-20(22,23)17-9-16(14-6-2-1-3-7-14)27-18-15(12-26-28(17)18)19(29)25-11-13-5-4-8-24-10-13/h1-10,12H,11H2,(H,25,29). The fourth-order valence-electron chi connectivity index (χ4n) is 2.86. The van der Waals surface area contributed by atoms with Crippen molar-refractivity contribution in [1.29, 1.82) is 0 Å². The maximum absolute atomic E-state index is 13.6. The van der Waals surface area contributed by atoms with Crippen molar-refractivity contribution in [3.05, 3.63) is 83.9 Å². The van der Waals surface area contributed by atoms with Gasteiger partial charge in [0.25, 0.3) is 5.91 Å². The van der Waals surface area contributed by atoms with E-state index in [0.717, 1.165) is 17.8 Å². The summed E-state index contributed by atoms with van der Waals surface area (Å²) in [5, 5.41) is 6.41. The molecule has 0 saturated carbocycles. The largest absolute Gasteiger partial charge is 0.433 e. The summed E-state index contributed by atoms with van der Waals surface area (Å²) in [5.41, 5.74) is 0.147. The molecule has 9 heteroatoms. The van der Waals surface area contributed by atoms with Gasteiger partial charge in [-0.05, 0) is 17.7 Å². The Morgan fingerprint density at radius 3 is 2.55 bits per heavy atom. The van der Waals surface area contributed by atoms with Gasteiger partial charge in [0.05, 0.1) is 11.9 Å². The minimum Gasteiger partial charge on any atom is -0.348 e. The smallest absolute Gasteiger partial charge is 0.348 e. The third-order valence-electron chi connectivity index (χ3n) is 4.25. The molecule has 4 rings (SSSR count). The number of carbonyl (C=O) groups excluding carboxylic acids is 1. The van der Waals surface area contributed by atoms with Crippen molar-refractivity contribution in [2.24, 2.45) is 0 Å². The molecule has 0 fully saturated rings. The molecule has 29 heavy (non-hydrogen) atoms. The van der Waals surface area contributed by atoms with Gasteiger partial charge in [0.1, 0.15) is 5.56 Å². The van der Waals surface area contributed by atoms with Crippen LogP contribution in [0.3, 0.4) is 0 Å². The van der Waals surface area contributed by atoms with Crippen molar-refractivity contribution in [2.75, 3.05) is 0 Å². The van der Waals surface area contributed by atoms with E-state index in [-0.39, 0.29) is 23.4 Å². The second kappa shape index (κ2) is 7.34. The van der Waals surface area contributed by atoms with Crippen LogP contribution in [0.15, 0.2) is 67.1 Å². The SMILES string of the molecule is O=C(NCc1cccnc1)c1cnn2c(C(F)(F)F)cc(-c3ccccc3)nc12. The van der Waals surface area contributed by atoms with Crippen LogP contribution in [0.5, 0.6) is 0 Å². The summed E-state index contributed by atoms with van der Waals surface area (Å²) in [6.07, 6.45) is -0.390. The first-order valence-electron chi connectivity index (χ1n) is 8.62. The van der Waals surface area contributed by atoms with Gasteiger partial charge in [-0.2, -0.15) is 18.3 Å². The van der Waals surface area contributed by atoms with Crippen molar-refractivity contribution in [1.82, 2.24) is 24.9 Å². The Kier molecular flexibility index (Phi) is 4.71. The number of fused-ring (bicyclic) bond motifs is 1. The number of amides is 1. The predicted molar refractivity (Wildman–Crippen MR) is 98.8 cm³/mol. The summed E-state index contributed by atoms with van der Waals surface area (Å²) in [6.45, 7) is 0.175. The topological polar surface area (TPSA) is 72.2 Å². The summed E-state index contributed by atoms with van der Waals surface area (Å²) >= 11 is 0. The molecule has 0 saturated heterocycles. The highest BCUT2D eigenvalue weighted by Gasteiger charge is 2.36. The van der Waals surface area contributed by atoms with Crippen molar-refractivity contribution >= 4 is 11.6 Å². The molecule has 3 aromatic heterocycles. The van der Waals surface area contributed by atoms with E-state index in [1.54, 1.807) is 54.9 Å². The highest BCUT2D eigenvalue weighted by atomic mass is 19.4. The molecule has 1 amide bonds.